The molecular formula is C16H17Cl2N4S+. The summed E-state index contributed by atoms with van der Waals surface area (Å²) in [7, 11) is 2.12. The second-order valence-electron chi connectivity index (χ2n) is 5.70. The van der Waals surface area contributed by atoms with Gasteiger partial charge in [0.15, 0.2) is 12.3 Å². The van der Waals surface area contributed by atoms with Crippen molar-refractivity contribution in [3.63, 3.8) is 0 Å². The monoisotopic (exact) mass is 367 g/mol. The predicted octanol–water partition coefficient (Wildman–Crippen LogP) is 3.15. The van der Waals surface area contributed by atoms with Gasteiger partial charge in [0.2, 0.25) is 4.77 Å². The molecule has 0 radical (unpaired) electrons. The molecule has 0 aliphatic carbocycles. The minimum Gasteiger partial charge on any atom is -0.315 e. The number of pyridine rings is 1. The van der Waals surface area contributed by atoms with Gasteiger partial charge in [-0.25, -0.2) is 0 Å². The van der Waals surface area contributed by atoms with E-state index in [-0.39, 0.29) is 0 Å². The van der Waals surface area contributed by atoms with Gasteiger partial charge in [-0.1, -0.05) is 47.5 Å². The van der Waals surface area contributed by atoms with Crippen LogP contribution in [0.1, 0.15) is 11.1 Å². The molecule has 0 bridgehead atoms. The van der Waals surface area contributed by atoms with Crippen LogP contribution in [-0.2, 0) is 13.2 Å². The third-order valence-electron chi connectivity index (χ3n) is 3.77. The van der Waals surface area contributed by atoms with Crippen LogP contribution in [0.15, 0.2) is 36.5 Å². The Balaban J connectivity index is 1.87. The van der Waals surface area contributed by atoms with Gasteiger partial charge in [0.05, 0.1) is 17.1 Å². The van der Waals surface area contributed by atoms with E-state index in [1.54, 1.807) is 21.3 Å². The van der Waals surface area contributed by atoms with Crippen LogP contribution in [0.4, 0.5) is 0 Å². The first-order chi connectivity index (χ1) is 11.0. The number of aryl methyl sites for hydroxylation is 1. The minimum atomic E-state index is 0.499. The summed E-state index contributed by atoms with van der Waals surface area (Å²) in [5, 5.41) is 5.56. The largest absolute Gasteiger partial charge is 0.315 e. The maximum atomic E-state index is 6.20. The van der Waals surface area contributed by atoms with Crippen LogP contribution in [0.25, 0.3) is 5.65 Å². The van der Waals surface area contributed by atoms with E-state index in [0.29, 0.717) is 27.1 Å². The lowest BCUT2D eigenvalue weighted by Crippen LogP contribution is -3.07. The summed E-state index contributed by atoms with van der Waals surface area (Å²) in [5.74, 6) is 0. The molecule has 4 nitrogen and oxygen atoms in total. The number of nitrogens with zero attached hydrogens (tertiary/aromatic N) is 3. The highest BCUT2D eigenvalue weighted by molar-refractivity contribution is 7.71. The van der Waals surface area contributed by atoms with Crippen molar-refractivity contribution in [2.45, 2.75) is 20.1 Å². The fourth-order valence-electron chi connectivity index (χ4n) is 2.59. The molecule has 0 aliphatic heterocycles. The number of fused-ring (bicyclic) bond motifs is 1. The molecule has 1 atom stereocenters. The normalized spacial score (nSPS) is 12.7. The van der Waals surface area contributed by atoms with Crippen LogP contribution in [-0.4, -0.2) is 21.2 Å². The minimum absolute atomic E-state index is 0.499. The van der Waals surface area contributed by atoms with Gasteiger partial charge in [0, 0.05) is 11.8 Å². The van der Waals surface area contributed by atoms with E-state index >= 15 is 0 Å². The second kappa shape index (κ2) is 6.61. The first-order valence-electron chi connectivity index (χ1n) is 7.25. The number of aromatic nitrogens is 3. The number of quaternary nitrogens is 1. The van der Waals surface area contributed by atoms with Gasteiger partial charge in [0.25, 0.3) is 0 Å². The number of hydrogen-bond donors (Lipinski definition) is 1. The van der Waals surface area contributed by atoms with Crippen molar-refractivity contribution in [3.05, 3.63) is 62.5 Å². The molecule has 1 unspecified atom stereocenters. The fourth-order valence-corrected chi connectivity index (χ4v) is 3.35. The molecule has 0 saturated heterocycles. The molecule has 3 rings (SSSR count). The quantitative estimate of drug-likeness (QED) is 0.717. The first kappa shape index (κ1) is 16.5. The molecule has 23 heavy (non-hydrogen) atoms. The molecule has 120 valence electrons. The van der Waals surface area contributed by atoms with Gasteiger partial charge in [-0.15, -0.1) is 5.10 Å². The van der Waals surface area contributed by atoms with Crippen LogP contribution in [0.2, 0.25) is 10.0 Å². The third-order valence-corrected chi connectivity index (χ3v) is 4.67. The molecule has 0 amide bonds. The van der Waals surface area contributed by atoms with Crippen LogP contribution in [0.3, 0.4) is 0 Å². The van der Waals surface area contributed by atoms with E-state index in [1.807, 2.05) is 0 Å². The zero-order chi connectivity index (χ0) is 16.6. The molecule has 3 aromatic rings. The summed E-state index contributed by atoms with van der Waals surface area (Å²) < 4.78 is 4.13. The summed E-state index contributed by atoms with van der Waals surface area (Å²) in [6.07, 6.45) is 1.74. The average molecular weight is 368 g/mol. The average Bonchev–Trinajstić information content (AvgIpc) is 2.79. The molecule has 2 heterocycles. The highest BCUT2D eigenvalue weighted by Gasteiger charge is 2.13. The number of rotatable bonds is 4. The van der Waals surface area contributed by atoms with Crippen molar-refractivity contribution in [2.24, 2.45) is 0 Å². The lowest BCUT2D eigenvalue weighted by atomic mass is 10.1. The maximum Gasteiger partial charge on any atom is 0.207 e. The summed E-state index contributed by atoms with van der Waals surface area (Å²) in [6.45, 7) is 3.68. The maximum absolute atomic E-state index is 6.20. The van der Waals surface area contributed by atoms with Gasteiger partial charge in [-0.05, 0) is 30.8 Å². The van der Waals surface area contributed by atoms with E-state index in [1.165, 1.54) is 16.0 Å². The number of nitrogens with one attached hydrogen (secondary N) is 1. The predicted molar refractivity (Wildman–Crippen MR) is 95.8 cm³/mol. The second-order valence-corrected chi connectivity index (χ2v) is 6.91. The van der Waals surface area contributed by atoms with E-state index in [2.05, 4.69) is 43.3 Å². The third kappa shape index (κ3) is 3.43. The summed E-state index contributed by atoms with van der Waals surface area (Å²) in [6, 6.07) is 10.1. The molecule has 2 aromatic heterocycles. The van der Waals surface area contributed by atoms with Crippen molar-refractivity contribution < 1.29 is 4.90 Å². The zero-order valence-electron chi connectivity index (χ0n) is 12.9. The van der Waals surface area contributed by atoms with Crippen molar-refractivity contribution in [3.8, 4) is 0 Å². The van der Waals surface area contributed by atoms with E-state index in [4.69, 9.17) is 35.4 Å². The molecule has 0 saturated carbocycles. The van der Waals surface area contributed by atoms with Gasteiger partial charge in [-0.3, -0.25) is 4.40 Å². The van der Waals surface area contributed by atoms with Crippen LogP contribution in [0.5, 0.6) is 0 Å². The van der Waals surface area contributed by atoms with E-state index < -0.39 is 0 Å². The van der Waals surface area contributed by atoms with E-state index in [9.17, 15) is 0 Å². The first-order valence-corrected chi connectivity index (χ1v) is 8.42. The number of benzene rings is 1. The van der Waals surface area contributed by atoms with E-state index in [0.717, 1.165) is 6.54 Å². The Labute approximate surface area is 149 Å². The smallest absolute Gasteiger partial charge is 0.207 e. The van der Waals surface area contributed by atoms with Crippen LogP contribution in [0, 0.1) is 11.7 Å². The van der Waals surface area contributed by atoms with Crippen molar-refractivity contribution in [2.75, 3.05) is 7.05 Å². The Kier molecular flexibility index (Phi) is 4.73. The molecule has 1 aromatic carbocycles. The van der Waals surface area contributed by atoms with Crippen molar-refractivity contribution >= 4 is 41.1 Å². The molecule has 0 aliphatic rings. The Hall–Kier alpha value is -1.40. The van der Waals surface area contributed by atoms with Gasteiger partial charge >= 0.3 is 0 Å². The van der Waals surface area contributed by atoms with Crippen LogP contribution < -0.4 is 4.90 Å². The van der Waals surface area contributed by atoms with Gasteiger partial charge < -0.3 is 4.90 Å². The van der Waals surface area contributed by atoms with Gasteiger partial charge in [-0.2, -0.15) is 4.68 Å². The molecule has 1 N–H and O–H groups in total. The summed E-state index contributed by atoms with van der Waals surface area (Å²) >= 11 is 17.7. The molecular weight excluding hydrogens is 351 g/mol. The standard InChI is InChI=1S/C16H16Cl2N4S/c1-11-5-3-4-6-12(11)8-20(2)10-22-16(23)21-9-13(17)7-14(18)15(21)19-22/h3-7,9H,8,10H2,1-2H3/p+1. The Bertz CT molecular complexity index is 916. The Morgan fingerprint density at radius 2 is 2.00 bits per heavy atom. The van der Waals surface area contributed by atoms with Crippen molar-refractivity contribution in [1.29, 1.82) is 0 Å². The molecule has 7 heteroatoms. The van der Waals surface area contributed by atoms with Crippen LogP contribution >= 0.6 is 35.4 Å². The Morgan fingerprint density at radius 1 is 1.26 bits per heavy atom. The highest BCUT2D eigenvalue weighted by atomic mass is 35.5. The SMILES string of the molecule is Cc1ccccc1C[NH+](C)Cn1nc2c(Cl)cc(Cl)cn2c1=S. The number of hydrogen-bond acceptors (Lipinski definition) is 2. The molecule has 0 fully saturated rings. The topological polar surface area (TPSA) is 26.7 Å². The zero-order valence-corrected chi connectivity index (χ0v) is 15.2. The molecule has 0 spiro atoms. The lowest BCUT2D eigenvalue weighted by molar-refractivity contribution is -0.917. The van der Waals surface area contributed by atoms with Gasteiger partial charge in [0.1, 0.15) is 6.54 Å². The van der Waals surface area contributed by atoms with Crippen molar-refractivity contribution in [1.82, 2.24) is 14.2 Å². The lowest BCUT2D eigenvalue weighted by Gasteiger charge is -2.15. The highest BCUT2D eigenvalue weighted by Crippen LogP contribution is 2.21. The number of halogens is 2. The Morgan fingerprint density at radius 3 is 2.74 bits per heavy atom. The summed E-state index contributed by atoms with van der Waals surface area (Å²) in [5.41, 5.74) is 3.24. The fraction of sp³-hybridized carbons (Fsp3) is 0.250. The summed E-state index contributed by atoms with van der Waals surface area (Å²) in [4.78, 5) is 1.28.